The number of hydrogen-bond acceptors (Lipinski definition) is 5. The Morgan fingerprint density at radius 3 is 2.23 bits per heavy atom. The topological polar surface area (TPSA) is 95.6 Å². The molecule has 2 N–H and O–H groups in total. The lowest BCUT2D eigenvalue weighted by atomic mass is 10.1. The van der Waals surface area contributed by atoms with Crippen LogP contribution in [-0.4, -0.2) is 34.4 Å². The van der Waals surface area contributed by atoms with Gasteiger partial charge in [0.2, 0.25) is 11.8 Å². The van der Waals surface area contributed by atoms with Gasteiger partial charge in [-0.15, -0.1) is 0 Å². The van der Waals surface area contributed by atoms with E-state index in [0.717, 1.165) is 27.8 Å². The van der Waals surface area contributed by atoms with E-state index in [1.54, 1.807) is 30.3 Å². The van der Waals surface area contributed by atoms with Crippen LogP contribution in [0.1, 0.15) is 23.6 Å². The van der Waals surface area contributed by atoms with Crippen LogP contribution in [-0.2, 0) is 14.4 Å². The predicted molar refractivity (Wildman–Crippen MR) is 118 cm³/mol. The maximum absolute atomic E-state index is 12.6. The molecule has 0 atom stereocenters. The minimum Gasteiger partial charge on any atom is -0.326 e. The highest BCUT2D eigenvalue weighted by Crippen LogP contribution is 2.32. The summed E-state index contributed by atoms with van der Waals surface area (Å²) in [6.45, 7) is 4.82. The second-order valence-corrected chi connectivity index (χ2v) is 7.88. The van der Waals surface area contributed by atoms with Crippen LogP contribution in [0.3, 0.4) is 0 Å². The third kappa shape index (κ3) is 4.96. The van der Waals surface area contributed by atoms with Gasteiger partial charge in [0.05, 0.1) is 4.91 Å². The van der Waals surface area contributed by atoms with E-state index in [0.29, 0.717) is 16.9 Å². The summed E-state index contributed by atoms with van der Waals surface area (Å²) in [4.78, 5) is 49.6. The van der Waals surface area contributed by atoms with Gasteiger partial charge in [0.15, 0.2) is 0 Å². The zero-order chi connectivity index (χ0) is 21.8. The molecule has 2 aromatic carbocycles. The summed E-state index contributed by atoms with van der Waals surface area (Å²) in [6.07, 6.45) is 1.59. The molecular formula is C22H21N3O4S. The third-order valence-electron chi connectivity index (χ3n) is 4.45. The highest BCUT2D eigenvalue weighted by molar-refractivity contribution is 8.18. The molecule has 7 nitrogen and oxygen atoms in total. The molecule has 4 amide bonds. The second-order valence-electron chi connectivity index (χ2n) is 6.89. The zero-order valence-electron chi connectivity index (χ0n) is 16.8. The normalized spacial score (nSPS) is 14.9. The van der Waals surface area contributed by atoms with Crippen molar-refractivity contribution in [2.24, 2.45) is 0 Å². The summed E-state index contributed by atoms with van der Waals surface area (Å²) in [6, 6.07) is 12.5. The Hall–Kier alpha value is -3.39. The van der Waals surface area contributed by atoms with E-state index in [1.165, 1.54) is 6.92 Å². The molecule has 0 aromatic heterocycles. The summed E-state index contributed by atoms with van der Waals surface area (Å²) in [5.41, 5.74) is 3.83. The van der Waals surface area contributed by atoms with Crippen molar-refractivity contribution >= 4 is 52.2 Å². The average Bonchev–Trinajstić information content (AvgIpc) is 2.93. The number of anilines is 2. The van der Waals surface area contributed by atoms with E-state index in [2.05, 4.69) is 10.6 Å². The van der Waals surface area contributed by atoms with Crippen LogP contribution in [0.25, 0.3) is 6.08 Å². The minimum absolute atomic E-state index is 0.178. The molecule has 1 aliphatic heterocycles. The number of thioether (sulfide) groups is 1. The van der Waals surface area contributed by atoms with Crippen LogP contribution in [0.4, 0.5) is 16.2 Å². The second kappa shape index (κ2) is 8.96. The first-order valence-electron chi connectivity index (χ1n) is 9.23. The molecule has 2 aromatic rings. The Morgan fingerprint density at radius 1 is 1.00 bits per heavy atom. The van der Waals surface area contributed by atoms with Gasteiger partial charge in [0.1, 0.15) is 6.54 Å². The molecule has 0 spiro atoms. The van der Waals surface area contributed by atoms with E-state index in [-0.39, 0.29) is 17.4 Å². The number of benzene rings is 2. The SMILES string of the molecule is CC(=O)Nc1ccc(/C=C2\SC(=O)N(CC(=O)Nc3c(C)cccc3C)C2=O)cc1. The number of nitrogens with one attached hydrogen (secondary N) is 2. The van der Waals surface area contributed by atoms with Crippen LogP contribution in [0.5, 0.6) is 0 Å². The lowest BCUT2D eigenvalue weighted by Gasteiger charge is -2.15. The highest BCUT2D eigenvalue weighted by Gasteiger charge is 2.36. The van der Waals surface area contributed by atoms with Gasteiger partial charge in [-0.05, 0) is 60.5 Å². The maximum atomic E-state index is 12.6. The number of aryl methyl sites for hydroxylation is 2. The van der Waals surface area contributed by atoms with Crippen molar-refractivity contribution in [3.8, 4) is 0 Å². The lowest BCUT2D eigenvalue weighted by molar-refractivity contribution is -0.127. The summed E-state index contributed by atoms with van der Waals surface area (Å²) in [7, 11) is 0. The van der Waals surface area contributed by atoms with Crippen molar-refractivity contribution < 1.29 is 19.2 Å². The van der Waals surface area contributed by atoms with E-state index in [1.807, 2.05) is 32.0 Å². The molecule has 154 valence electrons. The van der Waals surface area contributed by atoms with Gasteiger partial charge in [-0.25, -0.2) is 0 Å². The number of carbonyl (C=O) groups is 4. The smallest absolute Gasteiger partial charge is 0.294 e. The zero-order valence-corrected chi connectivity index (χ0v) is 17.6. The molecular weight excluding hydrogens is 402 g/mol. The largest absolute Gasteiger partial charge is 0.326 e. The van der Waals surface area contributed by atoms with Crippen LogP contribution >= 0.6 is 11.8 Å². The Morgan fingerprint density at radius 2 is 1.63 bits per heavy atom. The van der Waals surface area contributed by atoms with Crippen LogP contribution < -0.4 is 10.6 Å². The van der Waals surface area contributed by atoms with Gasteiger partial charge >= 0.3 is 0 Å². The molecule has 1 heterocycles. The number of amides is 4. The van der Waals surface area contributed by atoms with Gasteiger partial charge in [0.25, 0.3) is 11.1 Å². The van der Waals surface area contributed by atoms with Crippen molar-refractivity contribution in [2.75, 3.05) is 17.2 Å². The van der Waals surface area contributed by atoms with Gasteiger partial charge < -0.3 is 10.6 Å². The number of rotatable bonds is 5. The Labute approximate surface area is 178 Å². The molecule has 1 saturated heterocycles. The number of para-hydroxylation sites is 1. The molecule has 0 unspecified atom stereocenters. The molecule has 3 rings (SSSR count). The fraction of sp³-hybridized carbons (Fsp3) is 0.182. The summed E-state index contributed by atoms with van der Waals surface area (Å²) in [5.74, 6) is -1.12. The van der Waals surface area contributed by atoms with E-state index in [4.69, 9.17) is 0 Å². The highest BCUT2D eigenvalue weighted by atomic mass is 32.2. The van der Waals surface area contributed by atoms with Crippen molar-refractivity contribution in [1.29, 1.82) is 0 Å². The van der Waals surface area contributed by atoms with Gasteiger partial charge in [-0.1, -0.05) is 30.3 Å². The van der Waals surface area contributed by atoms with Gasteiger partial charge in [0, 0.05) is 18.3 Å². The van der Waals surface area contributed by atoms with E-state index in [9.17, 15) is 19.2 Å². The van der Waals surface area contributed by atoms with E-state index < -0.39 is 17.1 Å². The quantitative estimate of drug-likeness (QED) is 0.711. The van der Waals surface area contributed by atoms with Crippen molar-refractivity contribution in [3.63, 3.8) is 0 Å². The standard InChI is InChI=1S/C22H21N3O4S/c1-13-5-4-6-14(2)20(13)24-19(27)12-25-21(28)18(30-22(25)29)11-16-7-9-17(10-8-16)23-15(3)26/h4-11H,12H2,1-3H3,(H,23,26)(H,24,27)/b18-11-. The van der Waals surface area contributed by atoms with Gasteiger partial charge in [-0.2, -0.15) is 0 Å². The van der Waals surface area contributed by atoms with Gasteiger partial charge in [-0.3, -0.25) is 24.1 Å². The Balaban J connectivity index is 1.69. The van der Waals surface area contributed by atoms with Crippen molar-refractivity contribution in [2.45, 2.75) is 20.8 Å². The molecule has 0 saturated carbocycles. The fourth-order valence-electron chi connectivity index (χ4n) is 2.99. The molecule has 0 radical (unpaired) electrons. The first-order valence-corrected chi connectivity index (χ1v) is 10.1. The predicted octanol–water partition coefficient (Wildman–Crippen LogP) is 3.94. The van der Waals surface area contributed by atoms with Crippen LogP contribution in [0.2, 0.25) is 0 Å². The first kappa shape index (κ1) is 21.3. The molecule has 1 aliphatic rings. The number of nitrogens with zero attached hydrogens (tertiary/aromatic N) is 1. The minimum atomic E-state index is -0.507. The van der Waals surface area contributed by atoms with Crippen molar-refractivity contribution in [1.82, 2.24) is 4.90 Å². The summed E-state index contributed by atoms with van der Waals surface area (Å²) in [5, 5.41) is 4.96. The van der Waals surface area contributed by atoms with Crippen molar-refractivity contribution in [3.05, 3.63) is 64.1 Å². The molecule has 30 heavy (non-hydrogen) atoms. The number of carbonyl (C=O) groups excluding carboxylic acids is 4. The monoisotopic (exact) mass is 423 g/mol. The summed E-state index contributed by atoms with van der Waals surface area (Å²) >= 11 is 0.795. The molecule has 0 aliphatic carbocycles. The number of hydrogen-bond donors (Lipinski definition) is 2. The van der Waals surface area contributed by atoms with Crippen LogP contribution in [0.15, 0.2) is 47.4 Å². The number of imide groups is 1. The Bertz CT molecular complexity index is 1040. The maximum Gasteiger partial charge on any atom is 0.294 e. The first-order chi connectivity index (χ1) is 14.2. The molecule has 1 fully saturated rings. The molecule has 8 heteroatoms. The molecule has 0 bridgehead atoms. The van der Waals surface area contributed by atoms with E-state index >= 15 is 0 Å². The summed E-state index contributed by atoms with van der Waals surface area (Å²) < 4.78 is 0. The lowest BCUT2D eigenvalue weighted by Crippen LogP contribution is -2.36. The van der Waals surface area contributed by atoms with Crippen LogP contribution in [0, 0.1) is 13.8 Å². The fourth-order valence-corrected chi connectivity index (χ4v) is 3.83. The Kier molecular flexibility index (Phi) is 6.37. The average molecular weight is 423 g/mol. The third-order valence-corrected chi connectivity index (χ3v) is 5.36.